The standard InChI is InChI=1S/C17H22O7/c1-10-5-12(21)6-16(3)14(8-19)15(24-17(10,16)4)23-13(7-18)9-22-11(2)20/h5,7-8,13-15H,6,9H2,1-4H3/t13-,14-,15-,16+,17+/m0/s1. The first-order valence-electron chi connectivity index (χ1n) is 7.77. The van der Waals surface area contributed by atoms with Crippen molar-refractivity contribution >= 4 is 24.3 Å². The SMILES string of the molecule is CC(=O)OC[C@H](C=O)O[C@H]1O[C@]2(C)C(C)=CC(=O)C[C@]2(C)[C@H]1C=O. The molecule has 0 aromatic carbocycles. The van der Waals surface area contributed by atoms with Gasteiger partial charge in [0.05, 0.1) is 11.5 Å². The number of ether oxygens (including phenoxy) is 3. The summed E-state index contributed by atoms with van der Waals surface area (Å²) in [6.45, 7) is 6.36. The highest BCUT2D eigenvalue weighted by atomic mass is 16.7. The molecule has 0 bridgehead atoms. The van der Waals surface area contributed by atoms with Crippen molar-refractivity contribution in [3.8, 4) is 0 Å². The molecule has 5 atom stereocenters. The summed E-state index contributed by atoms with van der Waals surface area (Å²) in [6, 6.07) is 0. The molecule has 2 rings (SSSR count). The highest BCUT2D eigenvalue weighted by Gasteiger charge is 2.64. The third kappa shape index (κ3) is 2.93. The molecule has 0 N–H and O–H groups in total. The van der Waals surface area contributed by atoms with Crippen LogP contribution < -0.4 is 0 Å². The van der Waals surface area contributed by atoms with Crippen LogP contribution >= 0.6 is 0 Å². The van der Waals surface area contributed by atoms with Gasteiger partial charge in [0.25, 0.3) is 0 Å². The zero-order chi connectivity index (χ0) is 18.1. The van der Waals surface area contributed by atoms with Crippen molar-refractivity contribution in [2.75, 3.05) is 6.61 Å². The van der Waals surface area contributed by atoms with Gasteiger partial charge < -0.3 is 23.8 Å². The largest absolute Gasteiger partial charge is 0.463 e. The molecule has 24 heavy (non-hydrogen) atoms. The molecule has 132 valence electrons. The molecule has 0 spiro atoms. The van der Waals surface area contributed by atoms with Crippen LogP contribution in [0.4, 0.5) is 0 Å². The maximum absolute atomic E-state index is 12.0. The Morgan fingerprint density at radius 2 is 2.12 bits per heavy atom. The summed E-state index contributed by atoms with van der Waals surface area (Å²) in [5.41, 5.74) is -0.919. The smallest absolute Gasteiger partial charge is 0.302 e. The van der Waals surface area contributed by atoms with Gasteiger partial charge in [-0.1, -0.05) is 6.92 Å². The maximum atomic E-state index is 12.0. The molecule has 0 saturated carbocycles. The summed E-state index contributed by atoms with van der Waals surface area (Å²) in [4.78, 5) is 45.7. The topological polar surface area (TPSA) is 96.0 Å². The number of rotatable bonds is 6. The fourth-order valence-electron chi connectivity index (χ4n) is 3.49. The van der Waals surface area contributed by atoms with Crippen LogP contribution in [-0.2, 0) is 33.4 Å². The van der Waals surface area contributed by atoms with Gasteiger partial charge in [0.15, 0.2) is 18.4 Å². The van der Waals surface area contributed by atoms with Crippen LogP contribution in [0.3, 0.4) is 0 Å². The number of esters is 1. The molecule has 1 heterocycles. The van der Waals surface area contributed by atoms with E-state index in [0.29, 0.717) is 18.1 Å². The monoisotopic (exact) mass is 338 g/mol. The van der Waals surface area contributed by atoms with Crippen molar-refractivity contribution < 1.29 is 33.4 Å². The molecule has 0 aromatic heterocycles. The number of hydrogen-bond acceptors (Lipinski definition) is 7. The number of carbonyl (C=O) groups excluding carboxylic acids is 4. The van der Waals surface area contributed by atoms with Crippen molar-refractivity contribution in [1.82, 2.24) is 0 Å². The molecular weight excluding hydrogens is 316 g/mol. The number of carbonyl (C=O) groups is 4. The van der Waals surface area contributed by atoms with Crippen LogP contribution in [0, 0.1) is 11.3 Å². The summed E-state index contributed by atoms with van der Waals surface area (Å²) < 4.78 is 16.3. The Hall–Kier alpha value is -1.86. The average molecular weight is 338 g/mol. The van der Waals surface area contributed by atoms with Crippen LogP contribution in [0.2, 0.25) is 0 Å². The van der Waals surface area contributed by atoms with Gasteiger partial charge in [-0.3, -0.25) is 9.59 Å². The first-order chi connectivity index (χ1) is 11.2. The minimum atomic E-state index is -1.05. The Balaban J connectivity index is 2.26. The molecule has 1 saturated heterocycles. The minimum absolute atomic E-state index is 0.0737. The fraction of sp³-hybridized carbons (Fsp3) is 0.647. The van der Waals surface area contributed by atoms with Crippen molar-refractivity contribution in [3.05, 3.63) is 11.6 Å². The van der Waals surface area contributed by atoms with Gasteiger partial charge in [0.1, 0.15) is 19.0 Å². The molecule has 0 amide bonds. The van der Waals surface area contributed by atoms with Gasteiger partial charge in [0, 0.05) is 18.8 Å². The first kappa shape index (κ1) is 18.5. The lowest BCUT2D eigenvalue weighted by atomic mass is 9.60. The Kier molecular flexibility index (Phi) is 5.05. The van der Waals surface area contributed by atoms with Crippen LogP contribution in [-0.4, -0.2) is 48.9 Å². The van der Waals surface area contributed by atoms with E-state index in [2.05, 4.69) is 0 Å². The zero-order valence-electron chi connectivity index (χ0n) is 14.2. The van der Waals surface area contributed by atoms with Gasteiger partial charge in [-0.25, -0.2) is 0 Å². The van der Waals surface area contributed by atoms with Gasteiger partial charge in [0.2, 0.25) is 0 Å². The Morgan fingerprint density at radius 1 is 1.46 bits per heavy atom. The van der Waals surface area contributed by atoms with Crippen LogP contribution in [0.25, 0.3) is 0 Å². The lowest BCUT2D eigenvalue weighted by Crippen LogP contribution is -2.48. The van der Waals surface area contributed by atoms with Gasteiger partial charge >= 0.3 is 5.97 Å². The second kappa shape index (κ2) is 6.57. The lowest BCUT2D eigenvalue weighted by molar-refractivity contribution is -0.198. The van der Waals surface area contributed by atoms with Gasteiger partial charge in [-0.15, -0.1) is 0 Å². The van der Waals surface area contributed by atoms with E-state index in [1.165, 1.54) is 13.0 Å². The molecular formula is C17H22O7. The van der Waals surface area contributed by atoms with E-state index in [1.807, 2.05) is 13.8 Å². The van der Waals surface area contributed by atoms with E-state index in [0.717, 1.165) is 0 Å². The second-order valence-electron chi connectivity index (χ2n) is 6.68. The van der Waals surface area contributed by atoms with Gasteiger partial charge in [-0.05, 0) is 25.5 Å². The molecule has 1 aliphatic carbocycles. The molecule has 2 aliphatic rings. The average Bonchev–Trinajstić information content (AvgIpc) is 2.71. The summed E-state index contributed by atoms with van der Waals surface area (Å²) >= 11 is 0. The third-order valence-electron chi connectivity index (χ3n) is 5.20. The van der Waals surface area contributed by atoms with E-state index in [1.54, 1.807) is 6.92 Å². The van der Waals surface area contributed by atoms with Crippen molar-refractivity contribution in [2.45, 2.75) is 52.1 Å². The highest BCUT2D eigenvalue weighted by Crippen LogP contribution is 2.57. The Bertz CT molecular complexity index is 596. The molecule has 0 unspecified atom stereocenters. The minimum Gasteiger partial charge on any atom is -0.463 e. The highest BCUT2D eigenvalue weighted by molar-refractivity contribution is 5.93. The normalized spacial score (nSPS) is 36.5. The van der Waals surface area contributed by atoms with Gasteiger partial charge in [-0.2, -0.15) is 0 Å². The molecule has 7 heteroatoms. The summed E-state index contributed by atoms with van der Waals surface area (Å²) in [5.74, 6) is -1.34. The van der Waals surface area contributed by atoms with E-state index in [4.69, 9.17) is 14.2 Å². The predicted octanol–water partition coefficient (Wildman–Crippen LogP) is 0.989. The Morgan fingerprint density at radius 3 is 2.67 bits per heavy atom. The quantitative estimate of drug-likeness (QED) is 0.526. The van der Waals surface area contributed by atoms with Crippen molar-refractivity contribution in [3.63, 3.8) is 0 Å². The van der Waals surface area contributed by atoms with Crippen LogP contribution in [0.5, 0.6) is 0 Å². The van der Waals surface area contributed by atoms with Crippen LogP contribution in [0.1, 0.15) is 34.1 Å². The third-order valence-corrected chi connectivity index (χ3v) is 5.20. The fourth-order valence-corrected chi connectivity index (χ4v) is 3.49. The molecule has 1 aliphatic heterocycles. The lowest BCUT2D eigenvalue weighted by Gasteiger charge is -2.43. The number of hydrogen-bond donors (Lipinski definition) is 0. The Labute approximate surface area is 140 Å². The first-order valence-corrected chi connectivity index (χ1v) is 7.77. The summed E-state index contributed by atoms with van der Waals surface area (Å²) in [5, 5.41) is 0. The number of fused-ring (bicyclic) bond motifs is 1. The number of ketones is 1. The molecule has 1 fully saturated rings. The van der Waals surface area contributed by atoms with Crippen molar-refractivity contribution in [1.29, 1.82) is 0 Å². The van der Waals surface area contributed by atoms with E-state index >= 15 is 0 Å². The van der Waals surface area contributed by atoms with E-state index in [9.17, 15) is 19.2 Å². The molecule has 0 aromatic rings. The van der Waals surface area contributed by atoms with Crippen LogP contribution in [0.15, 0.2) is 11.6 Å². The molecule has 7 nitrogen and oxygen atoms in total. The second-order valence-corrected chi connectivity index (χ2v) is 6.68. The predicted molar refractivity (Wildman–Crippen MR) is 81.9 cm³/mol. The van der Waals surface area contributed by atoms with E-state index < -0.39 is 35.3 Å². The number of allylic oxidation sites excluding steroid dienone is 1. The van der Waals surface area contributed by atoms with E-state index in [-0.39, 0.29) is 18.8 Å². The summed E-state index contributed by atoms with van der Waals surface area (Å²) in [6.07, 6.45) is 0.817. The zero-order valence-corrected chi connectivity index (χ0v) is 14.2. The summed E-state index contributed by atoms with van der Waals surface area (Å²) in [7, 11) is 0. The van der Waals surface area contributed by atoms with Crippen molar-refractivity contribution in [2.24, 2.45) is 11.3 Å². The number of aldehydes is 2. The molecule has 0 radical (unpaired) electrons. The maximum Gasteiger partial charge on any atom is 0.302 e.